The van der Waals surface area contributed by atoms with Crippen molar-refractivity contribution in [2.45, 2.75) is 27.2 Å². The number of rotatable bonds is 4. The molecule has 0 saturated carbocycles. The number of hydrogen-bond donors (Lipinski definition) is 2. The van der Waals surface area contributed by atoms with Crippen LogP contribution < -0.4 is 10.6 Å². The maximum atomic E-state index is 11.7. The van der Waals surface area contributed by atoms with E-state index in [2.05, 4.69) is 16.6 Å². The Morgan fingerprint density at radius 3 is 2.55 bits per heavy atom. The van der Waals surface area contributed by atoms with Crippen LogP contribution in [0.5, 0.6) is 0 Å². The molecule has 1 rings (SSSR count). The maximum absolute atomic E-state index is 11.7. The smallest absolute Gasteiger partial charge is 0.243 e. The normalized spacial score (nSPS) is 10.5. The molecular formula is C16H20N2O2. The number of nitrogens with one attached hydrogen (secondary N) is 2. The highest BCUT2D eigenvalue weighted by molar-refractivity contribution is 5.94. The molecule has 0 saturated heterocycles. The lowest BCUT2D eigenvalue weighted by Crippen LogP contribution is -2.34. The predicted octanol–water partition coefficient (Wildman–Crippen LogP) is 2.16. The van der Waals surface area contributed by atoms with Crippen LogP contribution in [-0.2, 0) is 9.59 Å². The van der Waals surface area contributed by atoms with E-state index in [0.717, 1.165) is 0 Å². The standard InChI is InChI=1S/C16H20N2O2/c1-5-12-7-6-8-13(9-12)18-15(20)11-17-14(19)10-16(2,3)4/h1,6-9H,10-11H2,2-4H3,(H,17,19)(H,18,20). The van der Waals surface area contributed by atoms with Crippen LogP contribution in [0.25, 0.3) is 0 Å². The first kappa shape index (κ1) is 15.8. The Bertz CT molecular complexity index is 536. The van der Waals surface area contributed by atoms with Crippen molar-refractivity contribution in [3.63, 3.8) is 0 Å². The van der Waals surface area contributed by atoms with Gasteiger partial charge in [-0.3, -0.25) is 9.59 Å². The number of terminal acetylenes is 1. The maximum Gasteiger partial charge on any atom is 0.243 e. The summed E-state index contributed by atoms with van der Waals surface area (Å²) in [5.74, 6) is 2.08. The van der Waals surface area contributed by atoms with Gasteiger partial charge in [0.25, 0.3) is 0 Å². The van der Waals surface area contributed by atoms with Crippen molar-refractivity contribution in [3.8, 4) is 12.3 Å². The van der Waals surface area contributed by atoms with Gasteiger partial charge in [-0.05, 0) is 23.6 Å². The van der Waals surface area contributed by atoms with E-state index in [-0.39, 0.29) is 23.8 Å². The predicted molar refractivity (Wildman–Crippen MR) is 80.1 cm³/mol. The molecule has 2 amide bonds. The van der Waals surface area contributed by atoms with Gasteiger partial charge < -0.3 is 10.6 Å². The van der Waals surface area contributed by atoms with Gasteiger partial charge in [0.2, 0.25) is 11.8 Å². The average Bonchev–Trinajstić information content (AvgIpc) is 2.34. The number of carbonyl (C=O) groups is 2. The van der Waals surface area contributed by atoms with Crippen molar-refractivity contribution in [3.05, 3.63) is 29.8 Å². The van der Waals surface area contributed by atoms with Crippen LogP contribution in [0.3, 0.4) is 0 Å². The quantitative estimate of drug-likeness (QED) is 0.825. The summed E-state index contributed by atoms with van der Waals surface area (Å²) in [6, 6.07) is 6.99. The van der Waals surface area contributed by atoms with E-state index in [4.69, 9.17) is 6.42 Å². The Hall–Kier alpha value is -2.28. The molecule has 0 radical (unpaired) electrons. The van der Waals surface area contributed by atoms with Crippen molar-refractivity contribution in [1.29, 1.82) is 0 Å². The molecule has 0 unspecified atom stereocenters. The van der Waals surface area contributed by atoms with Crippen LogP contribution in [0.2, 0.25) is 0 Å². The van der Waals surface area contributed by atoms with E-state index >= 15 is 0 Å². The summed E-state index contributed by atoms with van der Waals surface area (Å²) in [4.78, 5) is 23.3. The fraction of sp³-hybridized carbons (Fsp3) is 0.375. The summed E-state index contributed by atoms with van der Waals surface area (Å²) >= 11 is 0. The second kappa shape index (κ2) is 6.76. The first-order chi connectivity index (χ1) is 9.30. The van der Waals surface area contributed by atoms with Crippen LogP contribution in [-0.4, -0.2) is 18.4 Å². The van der Waals surface area contributed by atoms with Crippen molar-refractivity contribution >= 4 is 17.5 Å². The molecule has 0 aliphatic carbocycles. The largest absolute Gasteiger partial charge is 0.347 e. The lowest BCUT2D eigenvalue weighted by atomic mass is 9.92. The van der Waals surface area contributed by atoms with Crippen LogP contribution >= 0.6 is 0 Å². The van der Waals surface area contributed by atoms with Crippen molar-refractivity contribution in [1.82, 2.24) is 5.32 Å². The Morgan fingerprint density at radius 1 is 1.25 bits per heavy atom. The van der Waals surface area contributed by atoms with Gasteiger partial charge in [-0.1, -0.05) is 32.8 Å². The molecule has 0 fully saturated rings. The van der Waals surface area contributed by atoms with E-state index in [1.54, 1.807) is 24.3 Å². The summed E-state index contributed by atoms with van der Waals surface area (Å²) < 4.78 is 0. The van der Waals surface area contributed by atoms with Crippen LogP contribution in [0.15, 0.2) is 24.3 Å². The van der Waals surface area contributed by atoms with Crippen molar-refractivity contribution in [2.75, 3.05) is 11.9 Å². The highest BCUT2D eigenvalue weighted by Crippen LogP contribution is 2.17. The molecule has 1 aromatic carbocycles. The van der Waals surface area contributed by atoms with Gasteiger partial charge in [-0.25, -0.2) is 0 Å². The minimum absolute atomic E-state index is 0.0464. The minimum atomic E-state index is -0.276. The van der Waals surface area contributed by atoms with Crippen LogP contribution in [0.1, 0.15) is 32.8 Å². The molecule has 2 N–H and O–H groups in total. The number of anilines is 1. The molecule has 0 spiro atoms. The molecule has 0 heterocycles. The molecular weight excluding hydrogens is 252 g/mol. The first-order valence-corrected chi connectivity index (χ1v) is 6.43. The van der Waals surface area contributed by atoms with E-state index < -0.39 is 0 Å². The Labute approximate surface area is 120 Å². The lowest BCUT2D eigenvalue weighted by Gasteiger charge is -2.17. The second-order valence-corrected chi connectivity index (χ2v) is 5.79. The average molecular weight is 272 g/mol. The van der Waals surface area contributed by atoms with Crippen LogP contribution in [0, 0.1) is 17.8 Å². The van der Waals surface area contributed by atoms with Gasteiger partial charge in [-0.2, -0.15) is 0 Å². The highest BCUT2D eigenvalue weighted by atomic mass is 16.2. The van der Waals surface area contributed by atoms with Gasteiger partial charge in [0.1, 0.15) is 0 Å². The summed E-state index contributed by atoms with van der Waals surface area (Å²) in [6.07, 6.45) is 5.67. The molecule has 4 nitrogen and oxygen atoms in total. The molecule has 20 heavy (non-hydrogen) atoms. The molecule has 0 bridgehead atoms. The third-order valence-electron chi connectivity index (χ3n) is 2.45. The minimum Gasteiger partial charge on any atom is -0.347 e. The van der Waals surface area contributed by atoms with Crippen LogP contribution in [0.4, 0.5) is 5.69 Å². The zero-order valence-corrected chi connectivity index (χ0v) is 12.1. The molecule has 0 atom stereocenters. The summed E-state index contributed by atoms with van der Waals surface area (Å²) in [7, 11) is 0. The third-order valence-corrected chi connectivity index (χ3v) is 2.45. The number of benzene rings is 1. The molecule has 4 heteroatoms. The van der Waals surface area contributed by atoms with E-state index in [0.29, 0.717) is 17.7 Å². The molecule has 0 aromatic heterocycles. The zero-order valence-electron chi connectivity index (χ0n) is 12.1. The Kier molecular flexibility index (Phi) is 5.33. The van der Waals surface area contributed by atoms with Gasteiger partial charge in [0.05, 0.1) is 6.54 Å². The summed E-state index contributed by atoms with van der Waals surface area (Å²) in [6.45, 7) is 5.86. The highest BCUT2D eigenvalue weighted by Gasteiger charge is 2.16. The van der Waals surface area contributed by atoms with Gasteiger partial charge in [0, 0.05) is 17.7 Å². The fourth-order valence-corrected chi connectivity index (χ4v) is 1.61. The van der Waals surface area contributed by atoms with E-state index in [1.165, 1.54) is 0 Å². The Balaban J connectivity index is 2.44. The summed E-state index contributed by atoms with van der Waals surface area (Å²) in [5, 5.41) is 5.28. The third kappa shape index (κ3) is 6.05. The van der Waals surface area contributed by atoms with E-state index in [1.807, 2.05) is 20.8 Å². The fourth-order valence-electron chi connectivity index (χ4n) is 1.61. The topological polar surface area (TPSA) is 58.2 Å². The van der Waals surface area contributed by atoms with Gasteiger partial charge >= 0.3 is 0 Å². The molecule has 106 valence electrons. The Morgan fingerprint density at radius 2 is 1.95 bits per heavy atom. The zero-order chi connectivity index (χ0) is 15.2. The van der Waals surface area contributed by atoms with Gasteiger partial charge in [-0.15, -0.1) is 6.42 Å². The van der Waals surface area contributed by atoms with Crippen molar-refractivity contribution in [2.24, 2.45) is 5.41 Å². The SMILES string of the molecule is C#Cc1cccc(NC(=O)CNC(=O)CC(C)(C)C)c1. The first-order valence-electron chi connectivity index (χ1n) is 6.43. The monoisotopic (exact) mass is 272 g/mol. The molecule has 0 aliphatic heterocycles. The van der Waals surface area contributed by atoms with Crippen molar-refractivity contribution < 1.29 is 9.59 Å². The number of carbonyl (C=O) groups excluding carboxylic acids is 2. The summed E-state index contributed by atoms with van der Waals surface area (Å²) in [5.41, 5.74) is 1.22. The lowest BCUT2D eigenvalue weighted by molar-refractivity contribution is -0.125. The van der Waals surface area contributed by atoms with E-state index in [9.17, 15) is 9.59 Å². The number of amides is 2. The second-order valence-electron chi connectivity index (χ2n) is 5.79. The molecule has 0 aliphatic rings. The molecule has 1 aromatic rings. The van der Waals surface area contributed by atoms with Gasteiger partial charge in [0.15, 0.2) is 0 Å². The number of hydrogen-bond acceptors (Lipinski definition) is 2.